The summed E-state index contributed by atoms with van der Waals surface area (Å²) >= 11 is 17.7. The van der Waals surface area contributed by atoms with Gasteiger partial charge in [0.2, 0.25) is 0 Å². The van der Waals surface area contributed by atoms with Gasteiger partial charge in [0.05, 0.1) is 26.3 Å². The van der Waals surface area contributed by atoms with Gasteiger partial charge in [0.25, 0.3) is 0 Å². The quantitative estimate of drug-likeness (QED) is 0.894. The molecule has 2 aromatic rings. The molecule has 0 atom stereocenters. The first-order valence-electron chi connectivity index (χ1n) is 4.84. The Kier molecular flexibility index (Phi) is 3.76. The molecule has 1 aromatic carbocycles. The van der Waals surface area contributed by atoms with Crippen LogP contribution >= 0.6 is 34.8 Å². The Labute approximate surface area is 118 Å². The molecular formula is C12H6Cl3NO2. The normalized spacial score (nSPS) is 10.4. The largest absolute Gasteiger partial charge is 0.478 e. The van der Waals surface area contributed by atoms with Crippen molar-refractivity contribution in [3.8, 4) is 11.3 Å². The molecule has 1 aromatic heterocycles. The number of hydrogen-bond donors (Lipinski definition) is 1. The van der Waals surface area contributed by atoms with Gasteiger partial charge < -0.3 is 5.11 Å². The van der Waals surface area contributed by atoms with Gasteiger partial charge in [0.15, 0.2) is 0 Å². The van der Waals surface area contributed by atoms with E-state index in [1.54, 1.807) is 18.2 Å². The molecule has 1 heterocycles. The standard InChI is InChI=1S/C12H6Cl3NO2/c13-8-3-1-2-6(11(8)15)10-4-7(12(17)18)9(14)5-16-10/h1-5H,(H,17,18). The van der Waals surface area contributed by atoms with Gasteiger partial charge in [0.1, 0.15) is 0 Å². The van der Waals surface area contributed by atoms with Gasteiger partial charge in [-0.15, -0.1) is 0 Å². The Balaban J connectivity index is 2.62. The number of rotatable bonds is 2. The monoisotopic (exact) mass is 301 g/mol. The average molecular weight is 303 g/mol. The molecule has 0 fully saturated rings. The summed E-state index contributed by atoms with van der Waals surface area (Å²) in [6, 6.07) is 6.42. The minimum Gasteiger partial charge on any atom is -0.478 e. The third-order valence-electron chi connectivity index (χ3n) is 2.31. The molecule has 0 aliphatic rings. The van der Waals surface area contributed by atoms with Crippen molar-refractivity contribution >= 4 is 40.8 Å². The highest BCUT2D eigenvalue weighted by atomic mass is 35.5. The van der Waals surface area contributed by atoms with Gasteiger partial charge in [-0.25, -0.2) is 4.79 Å². The minimum absolute atomic E-state index is 0.0299. The summed E-state index contributed by atoms with van der Waals surface area (Å²) in [5.41, 5.74) is 0.936. The maximum Gasteiger partial charge on any atom is 0.337 e. The van der Waals surface area contributed by atoms with Gasteiger partial charge in [-0.05, 0) is 12.1 Å². The number of hydrogen-bond acceptors (Lipinski definition) is 2. The molecule has 0 unspecified atom stereocenters. The number of carboxylic acid groups (broad SMARTS) is 1. The predicted molar refractivity (Wildman–Crippen MR) is 71.7 cm³/mol. The predicted octanol–water partition coefficient (Wildman–Crippen LogP) is 4.41. The lowest BCUT2D eigenvalue weighted by Gasteiger charge is -2.06. The molecule has 0 radical (unpaired) electrons. The van der Waals surface area contributed by atoms with Gasteiger partial charge >= 0.3 is 5.97 Å². The van der Waals surface area contributed by atoms with E-state index in [1.807, 2.05) is 0 Å². The second kappa shape index (κ2) is 5.14. The van der Waals surface area contributed by atoms with Gasteiger partial charge in [-0.2, -0.15) is 0 Å². The van der Waals surface area contributed by atoms with Crippen LogP contribution in [-0.2, 0) is 0 Å². The van der Waals surface area contributed by atoms with Crippen LogP contribution in [0.2, 0.25) is 15.1 Å². The van der Waals surface area contributed by atoms with Crippen LogP contribution in [0.4, 0.5) is 0 Å². The van der Waals surface area contributed by atoms with Crippen molar-refractivity contribution in [2.45, 2.75) is 0 Å². The molecule has 92 valence electrons. The van der Waals surface area contributed by atoms with E-state index in [-0.39, 0.29) is 10.6 Å². The van der Waals surface area contributed by atoms with E-state index in [0.717, 1.165) is 0 Å². The molecule has 0 amide bonds. The third-order valence-corrected chi connectivity index (χ3v) is 3.43. The molecule has 1 N–H and O–H groups in total. The van der Waals surface area contributed by atoms with Crippen LogP contribution in [0.15, 0.2) is 30.5 Å². The summed E-state index contributed by atoms with van der Waals surface area (Å²) in [4.78, 5) is 15.0. The van der Waals surface area contributed by atoms with E-state index in [4.69, 9.17) is 39.9 Å². The number of nitrogens with zero attached hydrogens (tertiary/aromatic N) is 1. The van der Waals surface area contributed by atoms with Crippen molar-refractivity contribution in [1.29, 1.82) is 0 Å². The lowest BCUT2D eigenvalue weighted by Crippen LogP contribution is -1.99. The van der Waals surface area contributed by atoms with Crippen LogP contribution in [0, 0.1) is 0 Å². The van der Waals surface area contributed by atoms with Crippen LogP contribution < -0.4 is 0 Å². The summed E-state index contributed by atoms with van der Waals surface area (Å²) in [7, 11) is 0. The number of aromatic carboxylic acids is 1. The van der Waals surface area contributed by atoms with Crippen molar-refractivity contribution in [3.05, 3.63) is 51.1 Å². The number of aromatic nitrogens is 1. The van der Waals surface area contributed by atoms with Crippen LogP contribution in [0.5, 0.6) is 0 Å². The van der Waals surface area contributed by atoms with E-state index in [9.17, 15) is 4.79 Å². The lowest BCUT2D eigenvalue weighted by molar-refractivity contribution is 0.0697. The van der Waals surface area contributed by atoms with Crippen LogP contribution in [-0.4, -0.2) is 16.1 Å². The fourth-order valence-electron chi connectivity index (χ4n) is 1.45. The number of halogens is 3. The Morgan fingerprint density at radius 1 is 1.17 bits per heavy atom. The second-order valence-corrected chi connectivity index (χ2v) is 4.65. The summed E-state index contributed by atoms with van der Waals surface area (Å²) in [5, 5.41) is 9.77. The third kappa shape index (κ3) is 2.43. The molecule has 0 aliphatic heterocycles. The van der Waals surface area contributed by atoms with E-state index >= 15 is 0 Å². The molecule has 0 aliphatic carbocycles. The molecule has 6 heteroatoms. The Hall–Kier alpha value is -1.29. The molecule has 3 nitrogen and oxygen atoms in total. The van der Waals surface area contributed by atoms with Crippen LogP contribution in [0.25, 0.3) is 11.3 Å². The Morgan fingerprint density at radius 2 is 1.89 bits per heavy atom. The summed E-state index contributed by atoms with van der Waals surface area (Å²) in [5.74, 6) is -1.12. The fourth-order valence-corrected chi connectivity index (χ4v) is 2.03. The highest BCUT2D eigenvalue weighted by Gasteiger charge is 2.14. The van der Waals surface area contributed by atoms with E-state index in [0.29, 0.717) is 21.3 Å². The van der Waals surface area contributed by atoms with Crippen molar-refractivity contribution in [2.24, 2.45) is 0 Å². The summed E-state index contributed by atoms with van der Waals surface area (Å²) in [6.07, 6.45) is 1.28. The van der Waals surface area contributed by atoms with Crippen molar-refractivity contribution in [1.82, 2.24) is 4.98 Å². The highest BCUT2D eigenvalue weighted by Crippen LogP contribution is 2.33. The highest BCUT2D eigenvalue weighted by molar-refractivity contribution is 6.43. The van der Waals surface area contributed by atoms with E-state index < -0.39 is 5.97 Å². The molecule has 0 bridgehead atoms. The number of carboxylic acids is 1. The molecule has 0 saturated heterocycles. The van der Waals surface area contributed by atoms with Crippen molar-refractivity contribution < 1.29 is 9.90 Å². The van der Waals surface area contributed by atoms with Crippen LogP contribution in [0.1, 0.15) is 10.4 Å². The first-order chi connectivity index (χ1) is 8.50. The maximum atomic E-state index is 11.0. The van der Waals surface area contributed by atoms with Crippen molar-refractivity contribution in [2.75, 3.05) is 0 Å². The zero-order chi connectivity index (χ0) is 13.3. The van der Waals surface area contributed by atoms with Crippen molar-refractivity contribution in [3.63, 3.8) is 0 Å². The summed E-state index contributed by atoms with van der Waals surface area (Å²) in [6.45, 7) is 0. The second-order valence-electron chi connectivity index (χ2n) is 3.46. The number of benzene rings is 1. The average Bonchev–Trinajstić information content (AvgIpc) is 2.33. The molecule has 2 rings (SSSR count). The summed E-state index contributed by atoms with van der Waals surface area (Å²) < 4.78 is 0. The molecule has 0 spiro atoms. The first-order valence-corrected chi connectivity index (χ1v) is 5.97. The first kappa shape index (κ1) is 13.1. The zero-order valence-electron chi connectivity index (χ0n) is 8.82. The van der Waals surface area contributed by atoms with E-state index in [2.05, 4.69) is 4.98 Å². The molecule has 0 saturated carbocycles. The maximum absolute atomic E-state index is 11.0. The molecule has 18 heavy (non-hydrogen) atoms. The Bertz CT molecular complexity index is 629. The zero-order valence-corrected chi connectivity index (χ0v) is 11.1. The van der Waals surface area contributed by atoms with E-state index in [1.165, 1.54) is 12.3 Å². The lowest BCUT2D eigenvalue weighted by atomic mass is 10.1. The fraction of sp³-hybridized carbons (Fsp3) is 0. The minimum atomic E-state index is -1.12. The Morgan fingerprint density at radius 3 is 2.56 bits per heavy atom. The number of pyridine rings is 1. The SMILES string of the molecule is O=C(O)c1cc(-c2cccc(Cl)c2Cl)ncc1Cl. The van der Waals surface area contributed by atoms with Gasteiger partial charge in [-0.3, -0.25) is 4.98 Å². The van der Waals surface area contributed by atoms with Gasteiger partial charge in [-0.1, -0.05) is 46.9 Å². The van der Waals surface area contributed by atoms with Crippen LogP contribution in [0.3, 0.4) is 0 Å². The van der Waals surface area contributed by atoms with Gasteiger partial charge in [0, 0.05) is 11.8 Å². The topological polar surface area (TPSA) is 50.2 Å². The molecular weight excluding hydrogens is 296 g/mol. The smallest absolute Gasteiger partial charge is 0.337 e. The number of carbonyl (C=O) groups is 1.